The summed E-state index contributed by atoms with van der Waals surface area (Å²) in [6.45, 7) is 8.44. The number of hydrogen-bond acceptors (Lipinski definition) is 4. The van der Waals surface area contributed by atoms with Crippen LogP contribution in [-0.2, 0) is 0 Å². The van der Waals surface area contributed by atoms with Gasteiger partial charge in [-0.25, -0.2) is 9.97 Å². The number of aromatic nitrogens is 2. The van der Waals surface area contributed by atoms with Gasteiger partial charge >= 0.3 is 0 Å². The topological polar surface area (TPSA) is 41.0 Å². The predicted octanol–water partition coefficient (Wildman–Crippen LogP) is 1.56. The summed E-state index contributed by atoms with van der Waals surface area (Å²) in [6.07, 6.45) is 1.61. The molecule has 2 heterocycles. The zero-order valence-electron chi connectivity index (χ0n) is 9.62. The first-order valence-corrected chi connectivity index (χ1v) is 5.52. The van der Waals surface area contributed by atoms with Crippen LogP contribution in [0.2, 0.25) is 0 Å². The second kappa shape index (κ2) is 4.14. The van der Waals surface area contributed by atoms with Gasteiger partial charge in [0.25, 0.3) is 0 Å². The highest BCUT2D eigenvalue weighted by Gasteiger charge is 2.26. The average Bonchev–Trinajstić information content (AvgIpc) is 2.12. The van der Waals surface area contributed by atoms with Gasteiger partial charge in [-0.1, -0.05) is 6.92 Å². The van der Waals surface area contributed by atoms with E-state index in [0.717, 1.165) is 23.9 Å². The second-order valence-corrected chi connectivity index (χ2v) is 4.05. The van der Waals surface area contributed by atoms with E-state index in [9.17, 15) is 0 Å². The van der Waals surface area contributed by atoms with Crippen LogP contribution < -0.4 is 5.32 Å². The first-order chi connectivity index (χ1) is 7.19. The van der Waals surface area contributed by atoms with E-state index in [-0.39, 0.29) is 0 Å². The minimum Gasteiger partial charge on any atom is -0.339 e. The van der Waals surface area contributed by atoms with Gasteiger partial charge in [-0.3, -0.25) is 4.90 Å². The molecule has 1 N–H and O–H groups in total. The largest absolute Gasteiger partial charge is 0.339 e. The molecule has 0 saturated carbocycles. The van der Waals surface area contributed by atoms with Gasteiger partial charge in [0, 0.05) is 17.9 Å². The number of nitrogens with zero attached hydrogens (tertiary/aromatic N) is 3. The van der Waals surface area contributed by atoms with Crippen LogP contribution in [0.4, 0.5) is 5.95 Å². The summed E-state index contributed by atoms with van der Waals surface area (Å²) in [4.78, 5) is 11.1. The number of hydrogen-bond donors (Lipinski definition) is 1. The van der Waals surface area contributed by atoms with Crippen molar-refractivity contribution in [3.05, 3.63) is 17.5 Å². The molecule has 1 aromatic heterocycles. The van der Waals surface area contributed by atoms with E-state index in [1.807, 2.05) is 19.9 Å². The first kappa shape index (κ1) is 10.4. The van der Waals surface area contributed by atoms with Gasteiger partial charge in [0.1, 0.15) is 0 Å². The molecule has 2 rings (SSSR count). The summed E-state index contributed by atoms with van der Waals surface area (Å²) in [5, 5.41) is 3.36. The third kappa shape index (κ3) is 2.26. The number of likely N-dealkylation sites (tertiary alicyclic amines) is 1. The predicted molar refractivity (Wildman–Crippen MR) is 60.8 cm³/mol. The van der Waals surface area contributed by atoms with Crippen LogP contribution in [0, 0.1) is 13.8 Å². The van der Waals surface area contributed by atoms with Crippen LogP contribution in [0.15, 0.2) is 6.07 Å². The molecule has 1 saturated heterocycles. The lowest BCUT2D eigenvalue weighted by molar-refractivity contribution is 0.119. The summed E-state index contributed by atoms with van der Waals surface area (Å²) in [5.41, 5.74) is 2.04. The Balaban J connectivity index is 2.04. The van der Waals surface area contributed by atoms with Crippen LogP contribution >= 0.6 is 0 Å². The smallest absolute Gasteiger partial charge is 0.224 e. The van der Waals surface area contributed by atoms with E-state index < -0.39 is 0 Å². The fourth-order valence-corrected chi connectivity index (χ4v) is 1.92. The van der Waals surface area contributed by atoms with E-state index >= 15 is 0 Å². The molecular weight excluding hydrogens is 188 g/mol. The van der Waals surface area contributed by atoms with Gasteiger partial charge in [-0.2, -0.15) is 0 Å². The number of rotatable bonds is 3. The summed E-state index contributed by atoms with van der Waals surface area (Å²) in [7, 11) is 0. The van der Waals surface area contributed by atoms with E-state index in [1.54, 1.807) is 0 Å². The van der Waals surface area contributed by atoms with Crippen LogP contribution in [0.3, 0.4) is 0 Å². The standard InChI is InChI=1S/C11H18N4/c1-4-15-6-5-10(15)14-11-12-8(2)7-9(3)13-11/h7,10H,4-6H2,1-3H3,(H,12,13,14). The van der Waals surface area contributed by atoms with Gasteiger partial charge in [0.2, 0.25) is 5.95 Å². The van der Waals surface area contributed by atoms with Gasteiger partial charge in [-0.15, -0.1) is 0 Å². The molecule has 1 unspecified atom stereocenters. The van der Waals surface area contributed by atoms with Crippen molar-refractivity contribution in [3.63, 3.8) is 0 Å². The van der Waals surface area contributed by atoms with Crippen LogP contribution in [0.5, 0.6) is 0 Å². The van der Waals surface area contributed by atoms with Gasteiger partial charge in [0.15, 0.2) is 0 Å². The van der Waals surface area contributed by atoms with Crippen molar-refractivity contribution in [2.75, 3.05) is 18.4 Å². The Labute approximate surface area is 90.7 Å². The molecular formula is C11H18N4. The van der Waals surface area contributed by atoms with Gasteiger partial charge in [0.05, 0.1) is 6.17 Å². The van der Waals surface area contributed by atoms with E-state index in [0.29, 0.717) is 6.17 Å². The van der Waals surface area contributed by atoms with Crippen molar-refractivity contribution in [1.29, 1.82) is 0 Å². The fourth-order valence-electron chi connectivity index (χ4n) is 1.92. The first-order valence-electron chi connectivity index (χ1n) is 5.52. The zero-order chi connectivity index (χ0) is 10.8. The lowest BCUT2D eigenvalue weighted by Gasteiger charge is -2.40. The Morgan fingerprint density at radius 2 is 2.07 bits per heavy atom. The van der Waals surface area contributed by atoms with Crippen molar-refractivity contribution in [1.82, 2.24) is 14.9 Å². The van der Waals surface area contributed by atoms with Gasteiger partial charge in [-0.05, 0) is 32.9 Å². The van der Waals surface area contributed by atoms with E-state index in [4.69, 9.17) is 0 Å². The van der Waals surface area contributed by atoms with Gasteiger partial charge < -0.3 is 5.32 Å². The molecule has 0 amide bonds. The van der Waals surface area contributed by atoms with Crippen molar-refractivity contribution in [2.45, 2.75) is 33.4 Å². The molecule has 15 heavy (non-hydrogen) atoms. The summed E-state index contributed by atoms with van der Waals surface area (Å²) < 4.78 is 0. The monoisotopic (exact) mass is 206 g/mol. The molecule has 0 aromatic carbocycles. The van der Waals surface area contributed by atoms with Crippen LogP contribution in [0.25, 0.3) is 0 Å². The van der Waals surface area contributed by atoms with Crippen LogP contribution in [-0.4, -0.2) is 34.1 Å². The van der Waals surface area contributed by atoms with Crippen molar-refractivity contribution in [3.8, 4) is 0 Å². The van der Waals surface area contributed by atoms with E-state index in [1.165, 1.54) is 13.0 Å². The third-order valence-corrected chi connectivity index (χ3v) is 2.81. The number of nitrogens with one attached hydrogen (secondary N) is 1. The Kier molecular flexibility index (Phi) is 2.86. The van der Waals surface area contributed by atoms with Crippen molar-refractivity contribution < 1.29 is 0 Å². The molecule has 1 aliphatic rings. The highest BCUT2D eigenvalue weighted by molar-refractivity contribution is 5.29. The molecule has 0 bridgehead atoms. The SMILES string of the molecule is CCN1CCC1Nc1nc(C)cc(C)n1. The zero-order valence-corrected chi connectivity index (χ0v) is 9.62. The Bertz CT molecular complexity index is 328. The Hall–Kier alpha value is -1.16. The molecule has 0 spiro atoms. The maximum atomic E-state index is 4.38. The van der Waals surface area contributed by atoms with Crippen LogP contribution in [0.1, 0.15) is 24.7 Å². The third-order valence-electron chi connectivity index (χ3n) is 2.81. The summed E-state index contributed by atoms with van der Waals surface area (Å²) in [5.74, 6) is 0.760. The molecule has 1 atom stereocenters. The second-order valence-electron chi connectivity index (χ2n) is 4.05. The summed E-state index contributed by atoms with van der Waals surface area (Å²) >= 11 is 0. The van der Waals surface area contributed by atoms with Crippen molar-refractivity contribution in [2.24, 2.45) is 0 Å². The summed E-state index contributed by atoms with van der Waals surface area (Å²) in [6, 6.07) is 1.99. The van der Waals surface area contributed by atoms with Crippen molar-refractivity contribution >= 4 is 5.95 Å². The molecule has 4 heteroatoms. The quantitative estimate of drug-likeness (QED) is 0.814. The number of aryl methyl sites for hydroxylation is 2. The highest BCUT2D eigenvalue weighted by atomic mass is 15.3. The van der Waals surface area contributed by atoms with E-state index in [2.05, 4.69) is 27.1 Å². The normalized spacial score (nSPS) is 21.1. The number of anilines is 1. The lowest BCUT2D eigenvalue weighted by atomic mass is 10.1. The molecule has 1 fully saturated rings. The molecule has 1 aliphatic heterocycles. The Morgan fingerprint density at radius 3 is 2.53 bits per heavy atom. The highest BCUT2D eigenvalue weighted by Crippen LogP contribution is 2.17. The maximum absolute atomic E-state index is 4.38. The average molecular weight is 206 g/mol. The molecule has 1 aromatic rings. The molecule has 0 radical (unpaired) electrons. The minimum atomic E-state index is 0.427. The fraction of sp³-hybridized carbons (Fsp3) is 0.636. The molecule has 0 aliphatic carbocycles. The minimum absolute atomic E-state index is 0.427. The maximum Gasteiger partial charge on any atom is 0.224 e. The lowest BCUT2D eigenvalue weighted by Crippen LogP contribution is -2.52. The Morgan fingerprint density at radius 1 is 1.40 bits per heavy atom. The molecule has 82 valence electrons. The molecule has 4 nitrogen and oxygen atoms in total.